The number of nitrogens with zero attached hydrogens (tertiary/aromatic N) is 3. The normalized spacial score (nSPS) is 16.0. The van der Waals surface area contributed by atoms with Gasteiger partial charge in [-0.15, -0.1) is 5.10 Å². The predicted octanol–water partition coefficient (Wildman–Crippen LogP) is 2.04. The second kappa shape index (κ2) is 8.50. The zero-order chi connectivity index (χ0) is 21.1. The van der Waals surface area contributed by atoms with Crippen molar-refractivity contribution in [3.05, 3.63) is 71.0 Å². The van der Waals surface area contributed by atoms with Crippen molar-refractivity contribution < 1.29 is 17.2 Å². The molecule has 8 nitrogen and oxygen atoms in total. The van der Waals surface area contributed by atoms with Gasteiger partial charge in [-0.2, -0.15) is 4.68 Å². The number of likely N-dealkylation sites (tertiary alicyclic amines) is 1. The number of nitrogens with one attached hydrogen (secondary N) is 1. The average Bonchev–Trinajstić information content (AvgIpc) is 3.10. The van der Waals surface area contributed by atoms with Gasteiger partial charge in [0.05, 0.1) is 4.90 Å². The van der Waals surface area contributed by atoms with E-state index in [-0.39, 0.29) is 23.5 Å². The molecule has 0 atom stereocenters. The summed E-state index contributed by atoms with van der Waals surface area (Å²) in [4.78, 5) is 14.2. The highest BCUT2D eigenvalue weighted by Gasteiger charge is 2.25. The molecule has 3 aromatic rings. The molecule has 0 unspecified atom stereocenters. The topological polar surface area (TPSA) is 97.4 Å². The highest BCUT2D eigenvalue weighted by atomic mass is 32.2. The lowest BCUT2D eigenvalue weighted by Gasteiger charge is -2.31. The number of hydrogen-bond donors (Lipinski definition) is 1. The van der Waals surface area contributed by atoms with Crippen molar-refractivity contribution in [3.8, 4) is 11.5 Å². The van der Waals surface area contributed by atoms with Crippen LogP contribution in [0.3, 0.4) is 0 Å². The maximum absolute atomic E-state index is 13.0. The van der Waals surface area contributed by atoms with E-state index in [1.165, 1.54) is 16.8 Å². The molecule has 0 bridgehead atoms. The van der Waals surface area contributed by atoms with Crippen LogP contribution in [0.1, 0.15) is 12.8 Å². The first-order chi connectivity index (χ1) is 14.4. The van der Waals surface area contributed by atoms with Crippen LogP contribution in [0.4, 0.5) is 4.39 Å². The third-order valence-corrected chi connectivity index (χ3v) is 6.53. The lowest BCUT2D eigenvalue weighted by molar-refractivity contribution is 0.154. The van der Waals surface area contributed by atoms with Gasteiger partial charge in [-0.25, -0.2) is 22.3 Å². The summed E-state index contributed by atoms with van der Waals surface area (Å²) < 4.78 is 47.1. The number of sulfonamides is 1. The highest BCUT2D eigenvalue weighted by Crippen LogP contribution is 2.17. The molecule has 30 heavy (non-hydrogen) atoms. The van der Waals surface area contributed by atoms with E-state index in [9.17, 15) is 17.6 Å². The standard InChI is InChI=1S/C20H21FN4O4S/c21-16-6-8-18(9-7-16)30(27,28)23-17-10-12-24(13-11-17)14-25-20(26)29-19(22-25)15-4-2-1-3-5-15/h1-9,17,23H,10-14H2. The second-order valence-corrected chi connectivity index (χ2v) is 8.86. The number of benzene rings is 2. The maximum Gasteiger partial charge on any atom is 0.438 e. The quantitative estimate of drug-likeness (QED) is 0.640. The van der Waals surface area contributed by atoms with Gasteiger partial charge in [0.1, 0.15) is 12.5 Å². The van der Waals surface area contributed by atoms with E-state index in [2.05, 4.69) is 9.82 Å². The summed E-state index contributed by atoms with van der Waals surface area (Å²) in [6, 6.07) is 13.7. The third kappa shape index (κ3) is 4.66. The summed E-state index contributed by atoms with van der Waals surface area (Å²) in [6.07, 6.45) is 1.16. The molecule has 4 rings (SSSR count). The number of piperidine rings is 1. The van der Waals surface area contributed by atoms with E-state index in [4.69, 9.17) is 4.42 Å². The SMILES string of the molecule is O=c1oc(-c2ccccc2)nn1CN1CCC(NS(=O)(=O)c2ccc(F)cc2)CC1. The van der Waals surface area contributed by atoms with E-state index < -0.39 is 21.6 Å². The highest BCUT2D eigenvalue weighted by molar-refractivity contribution is 7.89. The molecule has 10 heteroatoms. The lowest BCUT2D eigenvalue weighted by Crippen LogP contribution is -2.45. The number of aromatic nitrogens is 2. The molecular formula is C20H21FN4O4S. The van der Waals surface area contributed by atoms with Gasteiger partial charge in [0.25, 0.3) is 0 Å². The van der Waals surface area contributed by atoms with Gasteiger partial charge in [-0.1, -0.05) is 18.2 Å². The Bertz CT molecular complexity index is 1150. The van der Waals surface area contributed by atoms with Crippen molar-refractivity contribution in [3.63, 3.8) is 0 Å². The molecule has 1 aromatic heterocycles. The minimum absolute atomic E-state index is 0.0360. The summed E-state index contributed by atoms with van der Waals surface area (Å²) in [7, 11) is -3.70. The van der Waals surface area contributed by atoms with Crippen molar-refractivity contribution >= 4 is 10.0 Å². The smallest absolute Gasteiger partial charge is 0.388 e. The Morgan fingerprint density at radius 1 is 1.07 bits per heavy atom. The Balaban J connectivity index is 1.35. The Hall–Kier alpha value is -2.82. The van der Waals surface area contributed by atoms with Crippen LogP contribution in [0.25, 0.3) is 11.5 Å². The van der Waals surface area contributed by atoms with Crippen LogP contribution in [0.15, 0.2) is 68.7 Å². The van der Waals surface area contributed by atoms with Crippen LogP contribution in [0, 0.1) is 5.82 Å². The third-order valence-electron chi connectivity index (χ3n) is 4.99. The second-order valence-electron chi connectivity index (χ2n) is 7.15. The fourth-order valence-electron chi connectivity index (χ4n) is 3.38. The van der Waals surface area contributed by atoms with Crippen molar-refractivity contribution in [2.75, 3.05) is 13.1 Å². The molecule has 1 aliphatic heterocycles. The molecule has 0 radical (unpaired) electrons. The van der Waals surface area contributed by atoms with E-state index >= 15 is 0 Å². The van der Waals surface area contributed by atoms with Gasteiger partial charge >= 0.3 is 5.76 Å². The van der Waals surface area contributed by atoms with Gasteiger partial charge in [-0.05, 0) is 49.2 Å². The van der Waals surface area contributed by atoms with Crippen molar-refractivity contribution in [1.82, 2.24) is 19.4 Å². The Labute approximate surface area is 173 Å². The van der Waals surface area contributed by atoms with Crippen LogP contribution in [-0.4, -0.2) is 42.2 Å². The monoisotopic (exact) mass is 432 g/mol. The Kier molecular flexibility index (Phi) is 5.80. The zero-order valence-electron chi connectivity index (χ0n) is 16.1. The van der Waals surface area contributed by atoms with Crippen LogP contribution in [0.2, 0.25) is 0 Å². The molecular weight excluding hydrogens is 411 g/mol. The van der Waals surface area contributed by atoms with E-state index in [0.29, 0.717) is 25.9 Å². The molecule has 158 valence electrons. The Morgan fingerprint density at radius 2 is 1.73 bits per heavy atom. The molecule has 1 fully saturated rings. The van der Waals surface area contributed by atoms with Gasteiger partial charge in [0, 0.05) is 24.7 Å². The summed E-state index contributed by atoms with van der Waals surface area (Å²) in [5.74, 6) is -0.753. The molecule has 1 aliphatic rings. The zero-order valence-corrected chi connectivity index (χ0v) is 16.9. The molecule has 0 spiro atoms. The molecule has 1 N–H and O–H groups in total. The first-order valence-electron chi connectivity index (χ1n) is 9.54. The van der Waals surface area contributed by atoms with Crippen LogP contribution >= 0.6 is 0 Å². The summed E-state index contributed by atoms with van der Waals surface area (Å²) >= 11 is 0. The minimum Gasteiger partial charge on any atom is -0.388 e. The predicted molar refractivity (Wildman–Crippen MR) is 108 cm³/mol. The number of halogens is 1. The van der Waals surface area contributed by atoms with E-state index in [0.717, 1.165) is 17.7 Å². The van der Waals surface area contributed by atoms with Crippen molar-refractivity contribution in [2.45, 2.75) is 30.4 Å². The average molecular weight is 432 g/mol. The summed E-state index contributed by atoms with van der Waals surface area (Å²) in [5.41, 5.74) is 0.724. The van der Waals surface area contributed by atoms with Gasteiger partial charge < -0.3 is 4.42 Å². The summed E-state index contributed by atoms with van der Waals surface area (Å²) in [5, 5.41) is 4.25. The molecule has 2 aromatic carbocycles. The van der Waals surface area contributed by atoms with Gasteiger partial charge in [-0.3, -0.25) is 4.90 Å². The largest absolute Gasteiger partial charge is 0.438 e. The molecule has 0 saturated carbocycles. The van der Waals surface area contributed by atoms with Crippen molar-refractivity contribution in [2.24, 2.45) is 0 Å². The molecule has 0 aliphatic carbocycles. The van der Waals surface area contributed by atoms with Crippen LogP contribution < -0.4 is 10.5 Å². The van der Waals surface area contributed by atoms with Gasteiger partial charge in [0.2, 0.25) is 15.9 Å². The van der Waals surface area contributed by atoms with E-state index in [1.807, 2.05) is 35.2 Å². The van der Waals surface area contributed by atoms with Crippen LogP contribution in [0.5, 0.6) is 0 Å². The molecule has 1 saturated heterocycles. The molecule has 2 heterocycles. The summed E-state index contributed by atoms with van der Waals surface area (Å²) in [6.45, 7) is 1.46. The fraction of sp³-hybridized carbons (Fsp3) is 0.300. The molecule has 0 amide bonds. The minimum atomic E-state index is -3.70. The first-order valence-corrected chi connectivity index (χ1v) is 11.0. The lowest BCUT2D eigenvalue weighted by atomic mass is 10.1. The fourth-order valence-corrected chi connectivity index (χ4v) is 4.68. The maximum atomic E-state index is 13.0. The number of rotatable bonds is 6. The first kappa shape index (κ1) is 20.5. The van der Waals surface area contributed by atoms with Crippen molar-refractivity contribution in [1.29, 1.82) is 0 Å². The van der Waals surface area contributed by atoms with Crippen LogP contribution in [-0.2, 0) is 16.7 Å². The number of hydrogen-bond acceptors (Lipinski definition) is 6. The Morgan fingerprint density at radius 3 is 2.40 bits per heavy atom. The van der Waals surface area contributed by atoms with Gasteiger partial charge in [0.15, 0.2) is 0 Å². The van der Waals surface area contributed by atoms with E-state index in [1.54, 1.807) is 0 Å².